The molecule has 28 heavy (non-hydrogen) atoms. The third-order valence-electron chi connectivity index (χ3n) is 4.61. The van der Waals surface area contributed by atoms with Gasteiger partial charge in [-0.25, -0.2) is 9.50 Å². The van der Waals surface area contributed by atoms with E-state index in [1.807, 2.05) is 0 Å². The zero-order valence-corrected chi connectivity index (χ0v) is 15.7. The molecule has 1 aliphatic rings. The van der Waals surface area contributed by atoms with E-state index in [1.165, 1.54) is 17.4 Å². The summed E-state index contributed by atoms with van der Waals surface area (Å²) >= 11 is 1.29. The van der Waals surface area contributed by atoms with E-state index in [0.717, 1.165) is 18.9 Å². The van der Waals surface area contributed by atoms with E-state index in [1.54, 1.807) is 24.4 Å². The molecule has 10 heteroatoms. The minimum absolute atomic E-state index is 0.0341. The fraction of sp³-hybridized carbons (Fsp3) is 0.389. The topological polar surface area (TPSA) is 68.5 Å². The molecule has 4 rings (SSSR count). The molecule has 0 aromatic carbocycles. The van der Waals surface area contributed by atoms with Crippen molar-refractivity contribution in [3.63, 3.8) is 0 Å². The zero-order valence-electron chi connectivity index (χ0n) is 14.9. The highest BCUT2D eigenvalue weighted by molar-refractivity contribution is 7.13. The van der Waals surface area contributed by atoms with Gasteiger partial charge in [0.2, 0.25) is 0 Å². The van der Waals surface area contributed by atoms with Crippen molar-refractivity contribution in [3.05, 3.63) is 41.0 Å². The van der Waals surface area contributed by atoms with Crippen molar-refractivity contribution in [2.75, 3.05) is 6.61 Å². The fourth-order valence-corrected chi connectivity index (χ4v) is 3.89. The smallest absolute Gasteiger partial charge is 0.376 e. The Morgan fingerprint density at radius 3 is 2.89 bits per heavy atom. The third kappa shape index (κ3) is 3.61. The van der Waals surface area contributed by atoms with Gasteiger partial charge in [-0.1, -0.05) is 6.07 Å². The van der Waals surface area contributed by atoms with Crippen LogP contribution in [0.1, 0.15) is 35.9 Å². The van der Waals surface area contributed by atoms with Crippen molar-refractivity contribution in [1.29, 1.82) is 0 Å². The number of thiophene rings is 1. The first-order valence-corrected chi connectivity index (χ1v) is 9.65. The van der Waals surface area contributed by atoms with Gasteiger partial charge in [0.25, 0.3) is 5.91 Å². The number of aromatic nitrogens is 3. The van der Waals surface area contributed by atoms with Crippen molar-refractivity contribution in [1.82, 2.24) is 19.9 Å². The van der Waals surface area contributed by atoms with E-state index < -0.39 is 17.8 Å². The summed E-state index contributed by atoms with van der Waals surface area (Å²) in [6.45, 7) is 2.45. The molecule has 1 aliphatic heterocycles. The maximum Gasteiger partial charge on any atom is 0.433 e. The third-order valence-corrected chi connectivity index (χ3v) is 5.50. The molecule has 148 valence electrons. The normalized spacial score (nSPS) is 18.5. The molecule has 4 heterocycles. The Morgan fingerprint density at radius 2 is 2.25 bits per heavy atom. The van der Waals surface area contributed by atoms with Crippen LogP contribution in [0.5, 0.6) is 0 Å². The Bertz CT molecular complexity index is 994. The van der Waals surface area contributed by atoms with Crippen LogP contribution >= 0.6 is 11.3 Å². The second-order valence-corrected chi connectivity index (χ2v) is 7.56. The van der Waals surface area contributed by atoms with E-state index >= 15 is 0 Å². The van der Waals surface area contributed by atoms with E-state index in [0.29, 0.717) is 16.0 Å². The average Bonchev–Trinajstić information content (AvgIpc) is 3.40. The molecular formula is C18H17F3N4O2S. The van der Waals surface area contributed by atoms with Gasteiger partial charge in [0.15, 0.2) is 17.0 Å². The van der Waals surface area contributed by atoms with Crippen LogP contribution in [0, 0.1) is 0 Å². The van der Waals surface area contributed by atoms with Crippen LogP contribution in [0.4, 0.5) is 13.2 Å². The summed E-state index contributed by atoms with van der Waals surface area (Å²) in [6, 6.07) is 5.38. The van der Waals surface area contributed by atoms with Crippen LogP contribution in [0.2, 0.25) is 0 Å². The first kappa shape index (κ1) is 18.9. The van der Waals surface area contributed by atoms with E-state index in [2.05, 4.69) is 15.4 Å². The summed E-state index contributed by atoms with van der Waals surface area (Å²) in [5, 5.41) is 8.38. The molecule has 0 unspecified atom stereocenters. The largest absolute Gasteiger partial charge is 0.433 e. The SMILES string of the molecule is C[C@H](NC(=O)c1cc2nc(-c3cccs3)cc(C(F)(F)F)n2n1)[C@@H]1CCCO1. The predicted octanol–water partition coefficient (Wildman–Crippen LogP) is 3.77. The Kier molecular flexibility index (Phi) is 4.84. The van der Waals surface area contributed by atoms with Crippen molar-refractivity contribution in [2.24, 2.45) is 0 Å². The summed E-state index contributed by atoms with van der Waals surface area (Å²) in [5.41, 5.74) is -0.944. The van der Waals surface area contributed by atoms with E-state index in [4.69, 9.17) is 4.74 Å². The molecule has 1 saturated heterocycles. The van der Waals surface area contributed by atoms with Crippen molar-refractivity contribution >= 4 is 22.9 Å². The van der Waals surface area contributed by atoms with Gasteiger partial charge in [-0.3, -0.25) is 4.79 Å². The van der Waals surface area contributed by atoms with Crippen LogP contribution in [-0.2, 0) is 10.9 Å². The quantitative estimate of drug-likeness (QED) is 0.711. The van der Waals surface area contributed by atoms with Crippen molar-refractivity contribution in [3.8, 4) is 10.6 Å². The van der Waals surface area contributed by atoms with E-state index in [9.17, 15) is 18.0 Å². The molecule has 3 aromatic rings. The van der Waals surface area contributed by atoms with Gasteiger partial charge in [-0.05, 0) is 37.3 Å². The van der Waals surface area contributed by atoms with Crippen LogP contribution in [0.25, 0.3) is 16.2 Å². The number of hydrogen-bond acceptors (Lipinski definition) is 5. The number of hydrogen-bond donors (Lipinski definition) is 1. The lowest BCUT2D eigenvalue weighted by Crippen LogP contribution is -2.41. The first-order valence-electron chi connectivity index (χ1n) is 8.77. The summed E-state index contributed by atoms with van der Waals surface area (Å²) in [4.78, 5) is 17.4. The number of nitrogens with zero attached hydrogens (tertiary/aromatic N) is 3. The van der Waals surface area contributed by atoms with Gasteiger partial charge in [0, 0.05) is 12.7 Å². The maximum absolute atomic E-state index is 13.6. The number of ether oxygens (including phenoxy) is 1. The molecule has 0 aliphatic carbocycles. The lowest BCUT2D eigenvalue weighted by molar-refractivity contribution is -0.142. The fourth-order valence-electron chi connectivity index (χ4n) is 3.21. The Balaban J connectivity index is 1.70. The standard InChI is InChI=1S/C18H17F3N4O2S/c1-10(13-4-2-6-27-13)22-17(26)12-9-16-23-11(14-5-3-7-28-14)8-15(18(19,20)21)25(16)24-12/h3,5,7-10,13H,2,4,6H2,1H3,(H,22,26)/t10-,13-/m0/s1. The minimum atomic E-state index is -4.64. The Morgan fingerprint density at radius 1 is 1.43 bits per heavy atom. The van der Waals surface area contributed by atoms with Gasteiger partial charge in [0.1, 0.15) is 0 Å². The van der Waals surface area contributed by atoms with Crippen LogP contribution in [0.3, 0.4) is 0 Å². The van der Waals surface area contributed by atoms with Gasteiger partial charge in [0.05, 0.1) is 22.7 Å². The molecule has 3 aromatic heterocycles. The molecule has 0 radical (unpaired) electrons. The van der Waals surface area contributed by atoms with E-state index in [-0.39, 0.29) is 29.2 Å². The lowest BCUT2D eigenvalue weighted by atomic mass is 10.1. The van der Waals surface area contributed by atoms with Crippen LogP contribution in [-0.4, -0.2) is 39.3 Å². The number of nitrogens with one attached hydrogen (secondary N) is 1. The Labute approximate surface area is 162 Å². The van der Waals surface area contributed by atoms with Crippen molar-refractivity contribution in [2.45, 2.75) is 38.1 Å². The summed E-state index contributed by atoms with van der Waals surface area (Å²) in [7, 11) is 0. The second-order valence-electron chi connectivity index (χ2n) is 6.61. The highest BCUT2D eigenvalue weighted by atomic mass is 32.1. The highest BCUT2D eigenvalue weighted by Crippen LogP contribution is 2.33. The number of rotatable bonds is 4. The molecule has 2 atom stereocenters. The molecule has 1 amide bonds. The number of carbonyl (C=O) groups is 1. The van der Waals surface area contributed by atoms with Gasteiger partial charge < -0.3 is 10.1 Å². The average molecular weight is 410 g/mol. The van der Waals surface area contributed by atoms with Gasteiger partial charge in [-0.2, -0.15) is 18.3 Å². The molecule has 6 nitrogen and oxygen atoms in total. The molecule has 0 spiro atoms. The molecular weight excluding hydrogens is 393 g/mol. The molecule has 0 bridgehead atoms. The molecule has 1 N–H and O–H groups in total. The second kappa shape index (κ2) is 7.17. The molecule has 0 saturated carbocycles. The molecule has 1 fully saturated rings. The summed E-state index contributed by atoms with van der Waals surface area (Å²) < 4.78 is 46.9. The lowest BCUT2D eigenvalue weighted by Gasteiger charge is -2.19. The number of carbonyl (C=O) groups excluding carboxylic acids is 1. The predicted molar refractivity (Wildman–Crippen MR) is 97.2 cm³/mol. The summed E-state index contributed by atoms with van der Waals surface area (Å²) in [6.07, 6.45) is -2.99. The summed E-state index contributed by atoms with van der Waals surface area (Å²) in [5.74, 6) is -0.556. The highest BCUT2D eigenvalue weighted by Gasteiger charge is 2.36. The van der Waals surface area contributed by atoms with Crippen molar-refractivity contribution < 1.29 is 22.7 Å². The monoisotopic (exact) mass is 410 g/mol. The minimum Gasteiger partial charge on any atom is -0.376 e. The Hall–Kier alpha value is -2.46. The number of fused-ring (bicyclic) bond motifs is 1. The number of halogens is 3. The first-order chi connectivity index (χ1) is 13.3. The van der Waals surface area contributed by atoms with Crippen LogP contribution in [0.15, 0.2) is 29.6 Å². The zero-order chi connectivity index (χ0) is 19.9. The maximum atomic E-state index is 13.6. The van der Waals surface area contributed by atoms with Crippen LogP contribution < -0.4 is 5.32 Å². The number of amides is 1. The van der Waals surface area contributed by atoms with Gasteiger partial charge in [-0.15, -0.1) is 11.3 Å². The number of alkyl halides is 3. The van der Waals surface area contributed by atoms with Gasteiger partial charge >= 0.3 is 6.18 Å².